The summed E-state index contributed by atoms with van der Waals surface area (Å²) in [4.78, 5) is 34.3. The molecule has 1 amide bonds. The molecule has 2 aromatic rings. The van der Waals surface area contributed by atoms with Crippen LogP contribution in [0.4, 0.5) is 11.4 Å². The highest BCUT2D eigenvalue weighted by atomic mass is 32.2. The van der Waals surface area contributed by atoms with Crippen LogP contribution in [-0.2, 0) is 14.3 Å². The Labute approximate surface area is 153 Å². The Morgan fingerprint density at radius 2 is 1.96 bits per heavy atom. The molecule has 2 aromatic carbocycles. The van der Waals surface area contributed by atoms with E-state index in [0.29, 0.717) is 16.3 Å². The minimum atomic E-state index is -0.644. The fraction of sp³-hybridized carbons (Fsp3) is 0.176. The van der Waals surface area contributed by atoms with Crippen LogP contribution in [0.3, 0.4) is 0 Å². The summed E-state index contributed by atoms with van der Waals surface area (Å²) in [7, 11) is 1.51. The molecule has 0 unspecified atom stereocenters. The predicted octanol–water partition coefficient (Wildman–Crippen LogP) is 2.88. The van der Waals surface area contributed by atoms with Gasteiger partial charge in [0.25, 0.3) is 11.6 Å². The topological polar surface area (TPSA) is 108 Å². The summed E-state index contributed by atoms with van der Waals surface area (Å²) in [5.74, 6) is -0.700. The minimum Gasteiger partial charge on any atom is -0.497 e. The van der Waals surface area contributed by atoms with E-state index in [-0.39, 0.29) is 11.4 Å². The summed E-state index contributed by atoms with van der Waals surface area (Å²) in [5.41, 5.74) is 0.431. The van der Waals surface area contributed by atoms with Crippen molar-refractivity contribution in [1.29, 1.82) is 0 Å². The van der Waals surface area contributed by atoms with Crippen molar-refractivity contribution < 1.29 is 24.0 Å². The minimum absolute atomic E-state index is 0.0823. The van der Waals surface area contributed by atoms with Gasteiger partial charge in [0.05, 0.1) is 22.7 Å². The number of nitrogens with one attached hydrogen (secondary N) is 1. The molecule has 0 aromatic heterocycles. The normalized spacial score (nSPS) is 10.0. The average molecular weight is 376 g/mol. The molecule has 1 N–H and O–H groups in total. The third-order valence-corrected chi connectivity index (χ3v) is 4.16. The summed E-state index contributed by atoms with van der Waals surface area (Å²) in [6, 6.07) is 12.8. The smallest absolute Gasteiger partial charge is 0.316 e. The molecule has 8 nitrogen and oxygen atoms in total. The number of thioether (sulfide) groups is 1. The highest BCUT2D eigenvalue weighted by Gasteiger charge is 2.15. The Kier molecular flexibility index (Phi) is 6.98. The number of nitrogens with zero attached hydrogens (tertiary/aromatic N) is 1. The van der Waals surface area contributed by atoms with Crippen molar-refractivity contribution >= 4 is 35.0 Å². The van der Waals surface area contributed by atoms with E-state index < -0.39 is 23.4 Å². The number of rotatable bonds is 8. The highest BCUT2D eigenvalue weighted by molar-refractivity contribution is 8.00. The van der Waals surface area contributed by atoms with Gasteiger partial charge in [-0.3, -0.25) is 19.7 Å². The molecule has 0 radical (unpaired) electrons. The van der Waals surface area contributed by atoms with Gasteiger partial charge < -0.3 is 14.8 Å². The van der Waals surface area contributed by atoms with Crippen LogP contribution >= 0.6 is 11.8 Å². The third kappa shape index (κ3) is 5.78. The Bertz CT molecular complexity index is 811. The molecule has 9 heteroatoms. The second kappa shape index (κ2) is 9.42. The van der Waals surface area contributed by atoms with Crippen LogP contribution in [0.25, 0.3) is 0 Å². The number of esters is 1. The van der Waals surface area contributed by atoms with Crippen molar-refractivity contribution in [2.24, 2.45) is 0 Å². The van der Waals surface area contributed by atoms with Crippen LogP contribution in [0.5, 0.6) is 5.75 Å². The SMILES string of the molecule is COc1cccc(NC(=O)COC(=O)CSc2ccccc2[N+](=O)[O-])c1. The molecule has 0 fully saturated rings. The second-order valence-corrected chi connectivity index (χ2v) is 5.97. The Morgan fingerprint density at radius 3 is 2.69 bits per heavy atom. The van der Waals surface area contributed by atoms with E-state index in [2.05, 4.69) is 5.32 Å². The fourth-order valence-corrected chi connectivity index (χ4v) is 2.77. The lowest BCUT2D eigenvalue weighted by Gasteiger charge is -2.08. The second-order valence-electron chi connectivity index (χ2n) is 4.95. The van der Waals surface area contributed by atoms with E-state index in [1.165, 1.54) is 13.2 Å². The predicted molar refractivity (Wildman–Crippen MR) is 96.4 cm³/mol. The van der Waals surface area contributed by atoms with Crippen molar-refractivity contribution in [1.82, 2.24) is 0 Å². The first-order chi connectivity index (χ1) is 12.5. The van der Waals surface area contributed by atoms with Crippen molar-refractivity contribution in [2.45, 2.75) is 4.90 Å². The molecular weight excluding hydrogens is 360 g/mol. The lowest BCUT2D eigenvalue weighted by atomic mass is 10.3. The lowest BCUT2D eigenvalue weighted by molar-refractivity contribution is -0.387. The molecule has 0 atom stereocenters. The summed E-state index contributed by atoms with van der Waals surface area (Å²) < 4.78 is 9.93. The average Bonchev–Trinajstić information content (AvgIpc) is 2.65. The Morgan fingerprint density at radius 1 is 1.19 bits per heavy atom. The van der Waals surface area contributed by atoms with Crippen LogP contribution in [0.15, 0.2) is 53.4 Å². The van der Waals surface area contributed by atoms with Crippen molar-refractivity contribution in [2.75, 3.05) is 24.8 Å². The van der Waals surface area contributed by atoms with Gasteiger partial charge in [0.1, 0.15) is 5.75 Å². The monoisotopic (exact) mass is 376 g/mol. The van der Waals surface area contributed by atoms with Gasteiger partial charge in [-0.25, -0.2) is 0 Å². The van der Waals surface area contributed by atoms with E-state index in [0.717, 1.165) is 11.8 Å². The third-order valence-electron chi connectivity index (χ3n) is 3.13. The van der Waals surface area contributed by atoms with Crippen LogP contribution in [0.1, 0.15) is 0 Å². The molecule has 0 bridgehead atoms. The highest BCUT2D eigenvalue weighted by Crippen LogP contribution is 2.28. The van der Waals surface area contributed by atoms with E-state index in [1.807, 2.05) is 0 Å². The number of ether oxygens (including phenoxy) is 2. The van der Waals surface area contributed by atoms with Crippen molar-refractivity contribution in [3.8, 4) is 5.75 Å². The van der Waals surface area contributed by atoms with E-state index >= 15 is 0 Å². The first kappa shape index (κ1) is 19.3. The van der Waals surface area contributed by atoms with Crippen molar-refractivity contribution in [3.05, 3.63) is 58.6 Å². The fourth-order valence-electron chi connectivity index (χ4n) is 1.95. The molecule has 2 rings (SSSR count). The molecule has 0 spiro atoms. The van der Waals surface area contributed by atoms with Gasteiger partial charge in [-0.2, -0.15) is 0 Å². The largest absolute Gasteiger partial charge is 0.497 e. The van der Waals surface area contributed by atoms with Crippen LogP contribution in [0.2, 0.25) is 0 Å². The zero-order chi connectivity index (χ0) is 18.9. The van der Waals surface area contributed by atoms with Gasteiger partial charge in [-0.15, -0.1) is 11.8 Å². The number of benzene rings is 2. The van der Waals surface area contributed by atoms with Crippen LogP contribution in [-0.4, -0.2) is 36.3 Å². The number of amides is 1. The van der Waals surface area contributed by atoms with Gasteiger partial charge in [-0.1, -0.05) is 18.2 Å². The summed E-state index contributed by atoms with van der Waals surface area (Å²) in [6.45, 7) is -0.451. The number of para-hydroxylation sites is 1. The molecule has 26 heavy (non-hydrogen) atoms. The molecule has 0 saturated heterocycles. The molecule has 0 saturated carbocycles. The molecule has 136 valence electrons. The number of nitro groups is 1. The van der Waals surface area contributed by atoms with Crippen molar-refractivity contribution in [3.63, 3.8) is 0 Å². The number of carbonyl (C=O) groups excluding carboxylic acids is 2. The maximum Gasteiger partial charge on any atom is 0.316 e. The van der Waals surface area contributed by atoms with Gasteiger partial charge in [0.15, 0.2) is 6.61 Å². The number of nitro benzene ring substituents is 1. The van der Waals surface area contributed by atoms with E-state index in [9.17, 15) is 19.7 Å². The van der Waals surface area contributed by atoms with Gasteiger partial charge in [0, 0.05) is 17.8 Å². The first-order valence-corrected chi connectivity index (χ1v) is 8.44. The van der Waals surface area contributed by atoms with Gasteiger partial charge in [0.2, 0.25) is 0 Å². The van der Waals surface area contributed by atoms with E-state index in [4.69, 9.17) is 9.47 Å². The summed E-state index contributed by atoms with van der Waals surface area (Å²) in [6.07, 6.45) is 0. The number of methoxy groups -OCH3 is 1. The van der Waals surface area contributed by atoms with Gasteiger partial charge in [-0.05, 0) is 18.2 Å². The quantitative estimate of drug-likeness (QED) is 0.327. The van der Waals surface area contributed by atoms with Gasteiger partial charge >= 0.3 is 5.97 Å². The first-order valence-electron chi connectivity index (χ1n) is 7.45. The summed E-state index contributed by atoms with van der Waals surface area (Å²) in [5, 5.41) is 13.5. The number of hydrogen-bond donors (Lipinski definition) is 1. The number of carbonyl (C=O) groups is 2. The number of anilines is 1. The Hall–Kier alpha value is -3.07. The zero-order valence-electron chi connectivity index (χ0n) is 13.8. The standard InChI is InChI=1S/C17H16N2O6S/c1-24-13-6-4-5-12(9-13)18-16(20)10-25-17(21)11-26-15-8-3-2-7-14(15)19(22)23/h2-9H,10-11H2,1H3,(H,18,20). The molecule has 0 heterocycles. The molecule has 0 aliphatic rings. The van der Waals surface area contributed by atoms with Crippen LogP contribution < -0.4 is 10.1 Å². The zero-order valence-corrected chi connectivity index (χ0v) is 14.7. The molecular formula is C17H16N2O6S. The van der Waals surface area contributed by atoms with Crippen LogP contribution in [0, 0.1) is 10.1 Å². The van der Waals surface area contributed by atoms with E-state index in [1.54, 1.807) is 42.5 Å². The maximum atomic E-state index is 11.8. The summed E-state index contributed by atoms with van der Waals surface area (Å²) >= 11 is 0.980. The molecule has 0 aliphatic heterocycles. The maximum absolute atomic E-state index is 11.8. The Balaban J connectivity index is 1.79. The lowest BCUT2D eigenvalue weighted by Crippen LogP contribution is -2.21. The number of hydrogen-bond acceptors (Lipinski definition) is 7. The molecule has 0 aliphatic carbocycles.